The third-order valence-electron chi connectivity index (χ3n) is 3.02. The summed E-state index contributed by atoms with van der Waals surface area (Å²) >= 11 is 0. The minimum atomic E-state index is -0.808. The first-order chi connectivity index (χ1) is 8.27. The predicted octanol–water partition coefficient (Wildman–Crippen LogP) is 2.51. The van der Waals surface area contributed by atoms with Crippen LogP contribution in [0.1, 0.15) is 25.8 Å². The number of aliphatic carboxylic acids is 1. The van der Waals surface area contributed by atoms with Gasteiger partial charge in [0.25, 0.3) is 0 Å². The Hall–Kier alpha value is -1.71. The van der Waals surface area contributed by atoms with Gasteiger partial charge in [-0.25, -0.2) is 0 Å². The molecule has 0 amide bonds. The molecule has 4 nitrogen and oxygen atoms in total. The maximum absolute atomic E-state index is 11.0. The third kappa shape index (κ3) is 3.15. The number of hydrogen-bond donors (Lipinski definition) is 1. The fourth-order valence-electron chi connectivity index (χ4n) is 1.98. The molecule has 0 saturated carbocycles. The number of carbonyl (C=O) groups is 1. The van der Waals surface area contributed by atoms with Gasteiger partial charge in [0.05, 0.1) is 13.5 Å². The molecule has 1 N–H and O–H groups in total. The lowest BCUT2D eigenvalue weighted by Crippen LogP contribution is -2.23. The number of carboxylic acids is 1. The Morgan fingerprint density at radius 3 is 2.44 bits per heavy atom. The Bertz CT molecular complexity index is 439. The van der Waals surface area contributed by atoms with Gasteiger partial charge >= 0.3 is 5.97 Å². The van der Waals surface area contributed by atoms with Crippen molar-refractivity contribution in [2.45, 2.75) is 25.7 Å². The fourth-order valence-corrected chi connectivity index (χ4v) is 1.98. The SMILES string of the molecule is COc1ccc(N(C)C)cc1C(C)(C)CC(=O)O. The Labute approximate surface area is 108 Å². The van der Waals surface area contributed by atoms with Crippen molar-refractivity contribution in [3.8, 4) is 5.75 Å². The molecule has 0 aliphatic heterocycles. The summed E-state index contributed by atoms with van der Waals surface area (Å²) < 4.78 is 5.34. The summed E-state index contributed by atoms with van der Waals surface area (Å²) in [6.07, 6.45) is 0.0697. The van der Waals surface area contributed by atoms with Gasteiger partial charge in [-0.3, -0.25) is 4.79 Å². The quantitative estimate of drug-likeness (QED) is 0.873. The van der Waals surface area contributed by atoms with Gasteiger partial charge in [-0.05, 0) is 18.2 Å². The third-order valence-corrected chi connectivity index (χ3v) is 3.02. The average molecular weight is 251 g/mol. The zero-order chi connectivity index (χ0) is 13.9. The second-order valence-electron chi connectivity index (χ2n) is 5.23. The van der Waals surface area contributed by atoms with Crippen LogP contribution < -0.4 is 9.64 Å². The molecular formula is C14H21NO3. The zero-order valence-corrected chi connectivity index (χ0v) is 11.7. The van der Waals surface area contributed by atoms with E-state index in [2.05, 4.69) is 0 Å². The largest absolute Gasteiger partial charge is 0.496 e. The van der Waals surface area contributed by atoms with Crippen LogP contribution in [-0.2, 0) is 10.2 Å². The zero-order valence-electron chi connectivity index (χ0n) is 11.7. The average Bonchev–Trinajstić information content (AvgIpc) is 2.26. The van der Waals surface area contributed by atoms with Crippen molar-refractivity contribution in [1.82, 2.24) is 0 Å². The lowest BCUT2D eigenvalue weighted by Gasteiger charge is -2.27. The van der Waals surface area contributed by atoms with Crippen molar-refractivity contribution < 1.29 is 14.6 Å². The molecule has 4 heteroatoms. The van der Waals surface area contributed by atoms with Crippen LogP contribution in [0.25, 0.3) is 0 Å². The number of carboxylic acid groups (broad SMARTS) is 1. The Morgan fingerprint density at radius 1 is 1.39 bits per heavy atom. The minimum absolute atomic E-state index is 0.0697. The molecule has 0 bridgehead atoms. The van der Waals surface area contributed by atoms with Crippen LogP contribution in [-0.4, -0.2) is 32.3 Å². The van der Waals surface area contributed by atoms with Crippen molar-refractivity contribution >= 4 is 11.7 Å². The Kier molecular flexibility index (Phi) is 4.22. The van der Waals surface area contributed by atoms with Gasteiger partial charge < -0.3 is 14.7 Å². The summed E-state index contributed by atoms with van der Waals surface area (Å²) in [5, 5.41) is 9.00. The second kappa shape index (κ2) is 5.29. The van der Waals surface area contributed by atoms with Crippen molar-refractivity contribution in [1.29, 1.82) is 0 Å². The van der Waals surface area contributed by atoms with E-state index >= 15 is 0 Å². The highest BCUT2D eigenvalue weighted by Gasteiger charge is 2.27. The smallest absolute Gasteiger partial charge is 0.304 e. The highest BCUT2D eigenvalue weighted by atomic mass is 16.5. The van der Waals surface area contributed by atoms with Crippen LogP contribution in [0.2, 0.25) is 0 Å². The first kappa shape index (κ1) is 14.4. The molecule has 0 aromatic heterocycles. The molecule has 18 heavy (non-hydrogen) atoms. The predicted molar refractivity (Wildman–Crippen MR) is 72.6 cm³/mol. The monoisotopic (exact) mass is 251 g/mol. The van der Waals surface area contributed by atoms with Crippen LogP contribution in [0.4, 0.5) is 5.69 Å². The molecule has 1 rings (SSSR count). The van der Waals surface area contributed by atoms with Gasteiger partial charge in [0.2, 0.25) is 0 Å². The molecule has 0 atom stereocenters. The molecule has 0 fully saturated rings. The van der Waals surface area contributed by atoms with Crippen LogP contribution in [0.5, 0.6) is 5.75 Å². The van der Waals surface area contributed by atoms with Crippen molar-refractivity contribution in [2.75, 3.05) is 26.1 Å². The van der Waals surface area contributed by atoms with E-state index in [0.717, 1.165) is 17.0 Å². The Balaban J connectivity index is 3.26. The van der Waals surface area contributed by atoms with Crippen molar-refractivity contribution in [2.24, 2.45) is 0 Å². The summed E-state index contributed by atoms with van der Waals surface area (Å²) in [5.41, 5.74) is 1.48. The molecule has 0 heterocycles. The number of ether oxygens (including phenoxy) is 1. The van der Waals surface area contributed by atoms with Gasteiger partial charge in [-0.2, -0.15) is 0 Å². The first-order valence-electron chi connectivity index (χ1n) is 5.85. The van der Waals surface area contributed by atoms with Crippen LogP contribution in [0, 0.1) is 0 Å². The lowest BCUT2D eigenvalue weighted by atomic mass is 9.80. The van der Waals surface area contributed by atoms with Gasteiger partial charge in [0, 0.05) is 30.8 Å². The highest BCUT2D eigenvalue weighted by Crippen LogP contribution is 2.36. The molecule has 0 aliphatic carbocycles. The molecular weight excluding hydrogens is 230 g/mol. The van der Waals surface area contributed by atoms with Gasteiger partial charge in [-0.15, -0.1) is 0 Å². The minimum Gasteiger partial charge on any atom is -0.496 e. The van der Waals surface area contributed by atoms with Crippen LogP contribution >= 0.6 is 0 Å². The summed E-state index contributed by atoms with van der Waals surface area (Å²) in [4.78, 5) is 12.9. The number of hydrogen-bond acceptors (Lipinski definition) is 3. The van der Waals surface area contributed by atoms with E-state index < -0.39 is 11.4 Å². The number of rotatable bonds is 5. The lowest BCUT2D eigenvalue weighted by molar-refractivity contribution is -0.138. The maximum atomic E-state index is 11.0. The van der Waals surface area contributed by atoms with Gasteiger partial charge in [0.1, 0.15) is 5.75 Å². The van der Waals surface area contributed by atoms with Crippen molar-refractivity contribution in [3.05, 3.63) is 23.8 Å². The van der Waals surface area contributed by atoms with E-state index in [1.165, 1.54) is 0 Å². The van der Waals surface area contributed by atoms with E-state index in [9.17, 15) is 4.79 Å². The molecule has 0 radical (unpaired) electrons. The van der Waals surface area contributed by atoms with E-state index in [4.69, 9.17) is 9.84 Å². The number of anilines is 1. The molecule has 0 unspecified atom stereocenters. The first-order valence-corrected chi connectivity index (χ1v) is 5.85. The summed E-state index contributed by atoms with van der Waals surface area (Å²) in [6.45, 7) is 3.83. The topological polar surface area (TPSA) is 49.8 Å². The fraction of sp³-hybridized carbons (Fsp3) is 0.500. The van der Waals surface area contributed by atoms with Crippen LogP contribution in [0.3, 0.4) is 0 Å². The van der Waals surface area contributed by atoms with Crippen molar-refractivity contribution in [3.63, 3.8) is 0 Å². The van der Waals surface area contributed by atoms with Gasteiger partial charge in [0.15, 0.2) is 0 Å². The number of methoxy groups -OCH3 is 1. The van der Waals surface area contributed by atoms with E-state index in [0.29, 0.717) is 0 Å². The molecule has 1 aromatic rings. The van der Waals surface area contributed by atoms with E-state index in [1.54, 1.807) is 7.11 Å². The summed E-state index contributed by atoms with van der Waals surface area (Å²) in [5.74, 6) is -0.0795. The molecule has 0 spiro atoms. The maximum Gasteiger partial charge on any atom is 0.304 e. The van der Waals surface area contributed by atoms with E-state index in [1.807, 2.05) is 51.0 Å². The van der Waals surface area contributed by atoms with Crippen LogP contribution in [0.15, 0.2) is 18.2 Å². The molecule has 0 aliphatic rings. The normalized spacial score (nSPS) is 11.2. The molecule has 0 saturated heterocycles. The Morgan fingerprint density at radius 2 is 2.00 bits per heavy atom. The second-order valence-corrected chi connectivity index (χ2v) is 5.23. The van der Waals surface area contributed by atoms with Gasteiger partial charge in [-0.1, -0.05) is 13.8 Å². The summed E-state index contributed by atoms with van der Waals surface area (Å²) in [7, 11) is 5.51. The summed E-state index contributed by atoms with van der Waals surface area (Å²) in [6, 6.07) is 5.83. The molecule has 1 aromatic carbocycles. The molecule has 100 valence electrons. The highest BCUT2D eigenvalue weighted by molar-refractivity contribution is 5.69. The number of benzene rings is 1. The van der Waals surface area contributed by atoms with E-state index in [-0.39, 0.29) is 6.42 Å². The standard InChI is InChI=1S/C14H21NO3/c1-14(2,9-13(16)17)11-8-10(15(3)4)6-7-12(11)18-5/h6-8H,9H2,1-5H3,(H,16,17). The number of nitrogens with zero attached hydrogens (tertiary/aromatic N) is 1.